The average molecular weight is 224 g/mol. The molecular weight excluding hydrogens is 212 g/mol. The van der Waals surface area contributed by atoms with Gasteiger partial charge in [0.25, 0.3) is 0 Å². The lowest BCUT2D eigenvalue weighted by Gasteiger charge is -2.03. The maximum atomic E-state index is 4.59. The van der Waals surface area contributed by atoms with Crippen molar-refractivity contribution in [2.24, 2.45) is 0 Å². The van der Waals surface area contributed by atoms with Crippen molar-refractivity contribution in [2.45, 2.75) is 13.5 Å². The lowest BCUT2D eigenvalue weighted by Crippen LogP contribution is -1.99. The standard InChI is InChI=1S/C13H12N4/c1-2-17-12-11(7-5-9-15-12)16-13(17)10-6-3-4-8-14-10/h3-9H,2H2,1H3. The van der Waals surface area contributed by atoms with Gasteiger partial charge in [0.05, 0.1) is 0 Å². The van der Waals surface area contributed by atoms with Gasteiger partial charge in [-0.15, -0.1) is 0 Å². The minimum absolute atomic E-state index is 0.833. The Labute approximate surface area is 99.0 Å². The molecule has 0 amide bonds. The fourth-order valence-corrected chi connectivity index (χ4v) is 1.95. The largest absolute Gasteiger partial charge is 0.308 e. The van der Waals surface area contributed by atoms with Gasteiger partial charge < -0.3 is 4.57 Å². The fourth-order valence-electron chi connectivity index (χ4n) is 1.95. The molecule has 3 rings (SSSR count). The molecule has 3 aromatic rings. The van der Waals surface area contributed by atoms with E-state index in [9.17, 15) is 0 Å². The number of pyridine rings is 2. The molecule has 3 heterocycles. The number of fused-ring (bicyclic) bond motifs is 1. The number of nitrogens with zero attached hydrogens (tertiary/aromatic N) is 4. The number of imidazole rings is 1. The Morgan fingerprint density at radius 1 is 1.06 bits per heavy atom. The Hall–Kier alpha value is -2.23. The van der Waals surface area contributed by atoms with Gasteiger partial charge in [0.15, 0.2) is 11.5 Å². The van der Waals surface area contributed by atoms with E-state index in [1.807, 2.05) is 30.3 Å². The molecule has 0 aliphatic rings. The average Bonchev–Trinajstić information content (AvgIpc) is 2.78. The Kier molecular flexibility index (Phi) is 2.33. The van der Waals surface area contributed by atoms with Gasteiger partial charge in [-0.2, -0.15) is 0 Å². The number of hydrogen-bond donors (Lipinski definition) is 0. The van der Waals surface area contributed by atoms with Crippen molar-refractivity contribution in [1.29, 1.82) is 0 Å². The first-order chi connectivity index (χ1) is 8.40. The van der Waals surface area contributed by atoms with Gasteiger partial charge in [0.1, 0.15) is 11.2 Å². The van der Waals surface area contributed by atoms with Crippen molar-refractivity contribution < 1.29 is 0 Å². The van der Waals surface area contributed by atoms with E-state index in [1.54, 1.807) is 12.4 Å². The van der Waals surface area contributed by atoms with Crippen LogP contribution in [0.2, 0.25) is 0 Å². The molecule has 0 fully saturated rings. The normalized spacial score (nSPS) is 10.9. The fraction of sp³-hybridized carbons (Fsp3) is 0.154. The van der Waals surface area contributed by atoms with Crippen LogP contribution in [0.3, 0.4) is 0 Å². The molecule has 3 aromatic heterocycles. The molecule has 0 N–H and O–H groups in total. The van der Waals surface area contributed by atoms with E-state index in [4.69, 9.17) is 0 Å². The molecule has 0 unspecified atom stereocenters. The minimum atomic E-state index is 0.833. The second-order valence-corrected chi connectivity index (χ2v) is 3.74. The summed E-state index contributed by atoms with van der Waals surface area (Å²) in [6.07, 6.45) is 3.57. The number of aromatic nitrogens is 4. The van der Waals surface area contributed by atoms with Crippen molar-refractivity contribution in [3.63, 3.8) is 0 Å². The summed E-state index contributed by atoms with van der Waals surface area (Å²) in [5, 5.41) is 0. The van der Waals surface area contributed by atoms with E-state index < -0.39 is 0 Å². The Morgan fingerprint density at radius 3 is 2.71 bits per heavy atom. The smallest absolute Gasteiger partial charge is 0.161 e. The van der Waals surface area contributed by atoms with Crippen LogP contribution in [0.5, 0.6) is 0 Å². The van der Waals surface area contributed by atoms with Crippen LogP contribution in [0, 0.1) is 0 Å². The van der Waals surface area contributed by atoms with Crippen LogP contribution in [0.4, 0.5) is 0 Å². The highest BCUT2D eigenvalue weighted by Crippen LogP contribution is 2.21. The predicted molar refractivity (Wildman–Crippen MR) is 66.4 cm³/mol. The first-order valence-electron chi connectivity index (χ1n) is 5.63. The van der Waals surface area contributed by atoms with Crippen LogP contribution < -0.4 is 0 Å². The van der Waals surface area contributed by atoms with Gasteiger partial charge >= 0.3 is 0 Å². The molecule has 0 bridgehead atoms. The molecule has 0 aliphatic heterocycles. The third-order valence-electron chi connectivity index (χ3n) is 2.71. The third-order valence-corrected chi connectivity index (χ3v) is 2.71. The zero-order valence-electron chi connectivity index (χ0n) is 9.54. The Bertz CT molecular complexity index is 643. The number of hydrogen-bond acceptors (Lipinski definition) is 3. The number of rotatable bonds is 2. The van der Waals surface area contributed by atoms with E-state index in [2.05, 4.69) is 26.4 Å². The molecule has 0 saturated heterocycles. The maximum Gasteiger partial charge on any atom is 0.161 e. The summed E-state index contributed by atoms with van der Waals surface area (Å²) in [4.78, 5) is 13.3. The minimum Gasteiger partial charge on any atom is -0.308 e. The van der Waals surface area contributed by atoms with E-state index in [0.29, 0.717) is 0 Å². The predicted octanol–water partition coefficient (Wildman–Crippen LogP) is 2.51. The molecule has 0 aromatic carbocycles. The van der Waals surface area contributed by atoms with Crippen molar-refractivity contribution in [3.05, 3.63) is 42.7 Å². The molecular formula is C13H12N4. The molecule has 4 heteroatoms. The van der Waals surface area contributed by atoms with Gasteiger partial charge in [-0.3, -0.25) is 4.98 Å². The summed E-state index contributed by atoms with van der Waals surface area (Å²) in [5.41, 5.74) is 2.71. The van der Waals surface area contributed by atoms with Gasteiger partial charge in [0, 0.05) is 18.9 Å². The molecule has 84 valence electrons. The summed E-state index contributed by atoms with van der Waals surface area (Å²) in [7, 11) is 0. The maximum absolute atomic E-state index is 4.59. The molecule has 0 radical (unpaired) electrons. The Morgan fingerprint density at radius 2 is 1.94 bits per heavy atom. The van der Waals surface area contributed by atoms with E-state index >= 15 is 0 Å². The van der Waals surface area contributed by atoms with Crippen LogP contribution >= 0.6 is 0 Å². The Balaban J connectivity index is 2.30. The highest BCUT2D eigenvalue weighted by Gasteiger charge is 2.12. The van der Waals surface area contributed by atoms with Gasteiger partial charge in [-0.05, 0) is 31.2 Å². The van der Waals surface area contributed by atoms with E-state index in [1.165, 1.54) is 0 Å². The summed E-state index contributed by atoms with van der Waals surface area (Å²) in [6, 6.07) is 9.71. The second kappa shape index (κ2) is 3.97. The monoisotopic (exact) mass is 224 g/mol. The van der Waals surface area contributed by atoms with Crippen LogP contribution in [-0.4, -0.2) is 19.5 Å². The highest BCUT2D eigenvalue weighted by atomic mass is 15.1. The molecule has 0 saturated carbocycles. The van der Waals surface area contributed by atoms with E-state index in [-0.39, 0.29) is 0 Å². The zero-order chi connectivity index (χ0) is 11.7. The quantitative estimate of drug-likeness (QED) is 0.671. The van der Waals surface area contributed by atoms with Gasteiger partial charge in [-0.1, -0.05) is 6.07 Å². The van der Waals surface area contributed by atoms with Crippen LogP contribution in [-0.2, 0) is 6.54 Å². The summed E-state index contributed by atoms with van der Waals surface area (Å²) in [5.74, 6) is 0.877. The summed E-state index contributed by atoms with van der Waals surface area (Å²) >= 11 is 0. The lowest BCUT2D eigenvalue weighted by molar-refractivity contribution is 0.784. The van der Waals surface area contributed by atoms with Crippen molar-refractivity contribution in [1.82, 2.24) is 19.5 Å². The molecule has 17 heavy (non-hydrogen) atoms. The zero-order valence-corrected chi connectivity index (χ0v) is 9.54. The molecule has 0 spiro atoms. The molecule has 0 aliphatic carbocycles. The summed E-state index contributed by atoms with van der Waals surface area (Å²) in [6.45, 7) is 2.92. The van der Waals surface area contributed by atoms with Crippen LogP contribution in [0.25, 0.3) is 22.7 Å². The van der Waals surface area contributed by atoms with Crippen molar-refractivity contribution >= 4 is 11.2 Å². The van der Waals surface area contributed by atoms with Crippen LogP contribution in [0.1, 0.15) is 6.92 Å². The summed E-state index contributed by atoms with van der Waals surface area (Å²) < 4.78 is 2.08. The first kappa shape index (κ1) is 9.96. The van der Waals surface area contributed by atoms with E-state index in [0.717, 1.165) is 29.2 Å². The topological polar surface area (TPSA) is 43.6 Å². The van der Waals surface area contributed by atoms with Crippen LogP contribution in [0.15, 0.2) is 42.7 Å². The first-order valence-corrected chi connectivity index (χ1v) is 5.63. The SMILES string of the molecule is CCn1c(-c2ccccn2)nc2cccnc21. The van der Waals surface area contributed by atoms with Crippen molar-refractivity contribution in [3.8, 4) is 11.5 Å². The molecule has 4 nitrogen and oxygen atoms in total. The highest BCUT2D eigenvalue weighted by molar-refractivity contribution is 5.76. The van der Waals surface area contributed by atoms with Gasteiger partial charge in [-0.25, -0.2) is 9.97 Å². The number of aryl methyl sites for hydroxylation is 1. The van der Waals surface area contributed by atoms with Crippen molar-refractivity contribution in [2.75, 3.05) is 0 Å². The lowest BCUT2D eigenvalue weighted by atomic mass is 10.3. The molecule has 0 atom stereocenters. The third kappa shape index (κ3) is 1.58. The second-order valence-electron chi connectivity index (χ2n) is 3.74. The van der Waals surface area contributed by atoms with Gasteiger partial charge in [0.2, 0.25) is 0 Å².